The van der Waals surface area contributed by atoms with E-state index in [2.05, 4.69) is 89.8 Å². The van der Waals surface area contributed by atoms with Gasteiger partial charge in [0.25, 0.3) is 5.82 Å². The summed E-state index contributed by atoms with van der Waals surface area (Å²) in [6.07, 6.45) is 16.2. The molecule has 0 aliphatic rings. The fourth-order valence-corrected chi connectivity index (χ4v) is 4.49. The maximum absolute atomic E-state index is 2.48. The number of aryl methyl sites for hydroxylation is 2. The molecule has 0 atom stereocenters. The van der Waals surface area contributed by atoms with Crippen molar-refractivity contribution in [2.24, 2.45) is 0 Å². The van der Waals surface area contributed by atoms with Gasteiger partial charge in [0.2, 0.25) is 0 Å². The summed E-state index contributed by atoms with van der Waals surface area (Å²) in [6, 6.07) is 21.7. The van der Waals surface area contributed by atoms with Crippen molar-refractivity contribution in [1.82, 2.24) is 4.57 Å². The van der Waals surface area contributed by atoms with E-state index >= 15 is 0 Å². The van der Waals surface area contributed by atoms with Gasteiger partial charge in [-0.05, 0) is 30.5 Å². The number of halogens is 1. The lowest BCUT2D eigenvalue weighted by molar-refractivity contribution is -0.686. The number of rotatable bonds is 14. The number of imidazole rings is 1. The van der Waals surface area contributed by atoms with E-state index in [0.717, 1.165) is 13.1 Å². The largest absolute Gasteiger partial charge is 1.00 e. The normalized spacial score (nSPS) is 10.8. The Balaban J connectivity index is 0.00000363. The highest BCUT2D eigenvalue weighted by molar-refractivity contribution is 5.53. The fourth-order valence-electron chi connectivity index (χ4n) is 4.49. The van der Waals surface area contributed by atoms with Crippen LogP contribution in [0.3, 0.4) is 0 Å². The lowest BCUT2D eigenvalue weighted by Crippen LogP contribution is -3.00. The van der Waals surface area contributed by atoms with E-state index in [0.29, 0.717) is 0 Å². The third kappa shape index (κ3) is 8.24. The standard InChI is InChI=1S/C29H41N2.BrH/c1-3-4-5-6-7-8-9-10-11-18-23-30-24-26(2)31(25-27-19-14-12-15-20-27)29(30)28-21-16-13-17-22-28;/h12-17,19-22,24H,3-11,18,23,25H2,1-2H3;1H/q+1;/p-1. The van der Waals surface area contributed by atoms with Crippen molar-refractivity contribution in [3.63, 3.8) is 0 Å². The third-order valence-electron chi connectivity index (χ3n) is 6.26. The van der Waals surface area contributed by atoms with E-state index in [1.807, 2.05) is 0 Å². The van der Waals surface area contributed by atoms with Gasteiger partial charge in [-0.25, -0.2) is 9.13 Å². The first-order valence-electron chi connectivity index (χ1n) is 12.5. The highest BCUT2D eigenvalue weighted by atomic mass is 79.9. The second-order valence-corrected chi connectivity index (χ2v) is 8.91. The summed E-state index contributed by atoms with van der Waals surface area (Å²) in [6.45, 7) is 6.55. The maximum atomic E-state index is 2.48. The first-order chi connectivity index (χ1) is 15.3. The van der Waals surface area contributed by atoms with E-state index in [9.17, 15) is 0 Å². The number of benzene rings is 2. The SMILES string of the molecule is CCCCCCCCCCCC[n+]1cc(C)n(Cc2ccccc2)c1-c1ccccc1.[Br-]. The first kappa shape index (κ1) is 26.4. The van der Waals surface area contributed by atoms with Gasteiger partial charge in [0, 0.05) is 6.92 Å². The Morgan fingerprint density at radius 3 is 1.81 bits per heavy atom. The molecule has 3 aromatic rings. The van der Waals surface area contributed by atoms with Crippen molar-refractivity contribution in [3.05, 3.63) is 78.1 Å². The minimum atomic E-state index is 0. The molecule has 3 heteroatoms. The Morgan fingerprint density at radius 1 is 0.688 bits per heavy atom. The molecule has 2 aromatic carbocycles. The average Bonchev–Trinajstić information content (AvgIpc) is 3.11. The number of aromatic nitrogens is 2. The number of nitrogens with zero attached hydrogens (tertiary/aromatic N) is 2. The average molecular weight is 498 g/mol. The monoisotopic (exact) mass is 496 g/mol. The van der Waals surface area contributed by atoms with Gasteiger partial charge >= 0.3 is 0 Å². The highest BCUT2D eigenvalue weighted by Gasteiger charge is 2.22. The molecule has 0 radical (unpaired) electrons. The van der Waals surface area contributed by atoms with Crippen LogP contribution in [0.1, 0.15) is 82.4 Å². The zero-order valence-corrected chi connectivity index (χ0v) is 21.7. The smallest absolute Gasteiger partial charge is 0.289 e. The van der Waals surface area contributed by atoms with Gasteiger partial charge in [-0.1, -0.05) is 107 Å². The van der Waals surface area contributed by atoms with Gasteiger partial charge in [-0.2, -0.15) is 0 Å². The molecule has 0 unspecified atom stereocenters. The number of unbranched alkanes of at least 4 members (excludes halogenated alkanes) is 9. The van der Waals surface area contributed by atoms with Crippen LogP contribution in [-0.2, 0) is 13.1 Å². The minimum Gasteiger partial charge on any atom is -1.00 e. The molecule has 1 heterocycles. The molecule has 0 amide bonds. The zero-order chi connectivity index (χ0) is 21.7. The van der Waals surface area contributed by atoms with Crippen molar-refractivity contribution in [1.29, 1.82) is 0 Å². The van der Waals surface area contributed by atoms with Crippen LogP contribution < -0.4 is 21.5 Å². The molecular weight excluding hydrogens is 456 g/mol. The number of hydrogen-bond donors (Lipinski definition) is 0. The predicted molar refractivity (Wildman–Crippen MR) is 132 cm³/mol. The first-order valence-corrected chi connectivity index (χ1v) is 12.5. The van der Waals surface area contributed by atoms with Crippen LogP contribution in [0.2, 0.25) is 0 Å². The Morgan fingerprint density at radius 2 is 1.22 bits per heavy atom. The molecule has 3 rings (SSSR count). The van der Waals surface area contributed by atoms with E-state index in [1.54, 1.807) is 0 Å². The lowest BCUT2D eigenvalue weighted by atomic mass is 10.1. The van der Waals surface area contributed by atoms with Gasteiger partial charge in [0.15, 0.2) is 0 Å². The molecule has 0 saturated heterocycles. The Labute approximate surface area is 206 Å². The van der Waals surface area contributed by atoms with Crippen molar-refractivity contribution >= 4 is 0 Å². The van der Waals surface area contributed by atoms with E-state index in [-0.39, 0.29) is 17.0 Å². The molecule has 174 valence electrons. The second kappa shape index (κ2) is 15.1. The summed E-state index contributed by atoms with van der Waals surface area (Å²) in [5.74, 6) is 1.33. The highest BCUT2D eigenvalue weighted by Crippen LogP contribution is 2.20. The summed E-state index contributed by atoms with van der Waals surface area (Å²) in [7, 11) is 0. The van der Waals surface area contributed by atoms with Crippen LogP contribution >= 0.6 is 0 Å². The van der Waals surface area contributed by atoms with Crippen LogP contribution in [0.5, 0.6) is 0 Å². The topological polar surface area (TPSA) is 8.81 Å². The van der Waals surface area contributed by atoms with Gasteiger partial charge in [-0.15, -0.1) is 0 Å². The van der Waals surface area contributed by atoms with Crippen molar-refractivity contribution in [3.8, 4) is 11.4 Å². The Hall–Kier alpha value is -1.87. The number of hydrogen-bond acceptors (Lipinski definition) is 0. The summed E-state index contributed by atoms with van der Waals surface area (Å²) < 4.78 is 4.96. The van der Waals surface area contributed by atoms with Crippen LogP contribution in [-0.4, -0.2) is 4.57 Å². The van der Waals surface area contributed by atoms with Gasteiger partial charge in [0.1, 0.15) is 18.4 Å². The molecule has 0 aliphatic heterocycles. The van der Waals surface area contributed by atoms with Crippen LogP contribution in [0.4, 0.5) is 0 Å². The quantitative estimate of drug-likeness (QED) is 0.225. The summed E-state index contributed by atoms with van der Waals surface area (Å²) in [5.41, 5.74) is 3.98. The van der Waals surface area contributed by atoms with Crippen LogP contribution in [0, 0.1) is 6.92 Å². The zero-order valence-electron chi connectivity index (χ0n) is 20.1. The predicted octanol–water partition coefficient (Wildman–Crippen LogP) is 4.72. The van der Waals surface area contributed by atoms with Crippen molar-refractivity contribution < 1.29 is 21.5 Å². The maximum Gasteiger partial charge on any atom is 0.289 e. The Bertz CT molecular complexity index is 871. The fraction of sp³-hybridized carbons (Fsp3) is 0.483. The lowest BCUT2D eigenvalue weighted by Gasteiger charge is -2.07. The molecule has 0 spiro atoms. The molecule has 0 N–H and O–H groups in total. The molecular formula is C29H41BrN2. The van der Waals surface area contributed by atoms with E-state index in [4.69, 9.17) is 0 Å². The molecule has 0 fully saturated rings. The third-order valence-corrected chi connectivity index (χ3v) is 6.26. The van der Waals surface area contributed by atoms with Crippen molar-refractivity contribution in [2.45, 2.75) is 91.1 Å². The van der Waals surface area contributed by atoms with Crippen molar-refractivity contribution in [2.75, 3.05) is 0 Å². The summed E-state index contributed by atoms with van der Waals surface area (Å²) in [4.78, 5) is 0. The summed E-state index contributed by atoms with van der Waals surface area (Å²) >= 11 is 0. The van der Waals surface area contributed by atoms with E-state index < -0.39 is 0 Å². The van der Waals surface area contributed by atoms with Gasteiger partial charge < -0.3 is 17.0 Å². The molecule has 32 heavy (non-hydrogen) atoms. The molecule has 1 aromatic heterocycles. The van der Waals surface area contributed by atoms with E-state index in [1.165, 1.54) is 86.9 Å². The molecule has 2 nitrogen and oxygen atoms in total. The van der Waals surface area contributed by atoms with Crippen LogP contribution in [0.15, 0.2) is 66.9 Å². The molecule has 0 saturated carbocycles. The van der Waals surface area contributed by atoms with Crippen LogP contribution in [0.25, 0.3) is 11.4 Å². The second-order valence-electron chi connectivity index (χ2n) is 8.91. The minimum absolute atomic E-state index is 0. The summed E-state index contributed by atoms with van der Waals surface area (Å²) in [5, 5.41) is 0. The molecule has 0 aliphatic carbocycles. The molecule has 0 bridgehead atoms. The van der Waals surface area contributed by atoms with Gasteiger partial charge in [-0.3, -0.25) is 0 Å². The Kier molecular flexibility index (Phi) is 12.4. The van der Waals surface area contributed by atoms with Gasteiger partial charge in [0.05, 0.1) is 12.1 Å².